The molecule has 0 aromatic heterocycles. The molecule has 0 heterocycles. The Kier molecular flexibility index (Phi) is 4.38. The predicted molar refractivity (Wildman–Crippen MR) is 74.6 cm³/mol. The van der Waals surface area contributed by atoms with Crippen LogP contribution >= 0.6 is 0 Å². The van der Waals surface area contributed by atoms with Crippen molar-refractivity contribution in [3.8, 4) is 0 Å². The summed E-state index contributed by atoms with van der Waals surface area (Å²) >= 11 is 0.512. The van der Waals surface area contributed by atoms with E-state index in [0.717, 1.165) is 5.32 Å². The van der Waals surface area contributed by atoms with Crippen LogP contribution in [0.25, 0.3) is 0 Å². The van der Waals surface area contributed by atoms with Crippen molar-refractivity contribution in [3.63, 3.8) is 0 Å². The fourth-order valence-electron chi connectivity index (χ4n) is 1.61. The number of benzene rings is 2. The van der Waals surface area contributed by atoms with Crippen LogP contribution in [-0.2, 0) is 5.32 Å². The molecule has 0 amide bonds. The standard InChI is InChI=1S/C15H17NSe/c1-12(16)14-7-9-15(10-8-14)17-11-13-5-3-2-4-6-13/h2-10,12H,11,16H2,1H3/t12-/m1/s1. The van der Waals surface area contributed by atoms with Crippen LogP contribution in [0.3, 0.4) is 0 Å². The van der Waals surface area contributed by atoms with E-state index < -0.39 is 0 Å². The van der Waals surface area contributed by atoms with Crippen LogP contribution in [0.1, 0.15) is 24.1 Å². The van der Waals surface area contributed by atoms with Gasteiger partial charge in [-0.05, 0) is 0 Å². The van der Waals surface area contributed by atoms with Crippen LogP contribution in [0, 0.1) is 0 Å². The fourth-order valence-corrected chi connectivity index (χ4v) is 3.40. The second kappa shape index (κ2) is 6.02. The maximum atomic E-state index is 5.83. The normalized spacial score (nSPS) is 12.4. The molecule has 2 aromatic carbocycles. The molecule has 0 bridgehead atoms. The van der Waals surface area contributed by atoms with Gasteiger partial charge in [0.05, 0.1) is 0 Å². The van der Waals surface area contributed by atoms with E-state index in [4.69, 9.17) is 5.73 Å². The van der Waals surface area contributed by atoms with E-state index in [9.17, 15) is 0 Å². The first kappa shape index (κ1) is 12.4. The summed E-state index contributed by atoms with van der Waals surface area (Å²) in [5.41, 5.74) is 8.47. The van der Waals surface area contributed by atoms with E-state index >= 15 is 0 Å². The summed E-state index contributed by atoms with van der Waals surface area (Å²) in [4.78, 5) is 0. The second-order valence-corrected chi connectivity index (χ2v) is 6.33. The van der Waals surface area contributed by atoms with Gasteiger partial charge in [-0.15, -0.1) is 0 Å². The average Bonchev–Trinajstić information content (AvgIpc) is 2.38. The molecule has 2 aromatic rings. The summed E-state index contributed by atoms with van der Waals surface area (Å²) in [5.74, 6) is 0. The molecule has 0 aliphatic carbocycles. The molecule has 88 valence electrons. The van der Waals surface area contributed by atoms with Crippen molar-refractivity contribution in [1.82, 2.24) is 0 Å². The van der Waals surface area contributed by atoms with Gasteiger partial charge in [0.1, 0.15) is 0 Å². The summed E-state index contributed by atoms with van der Waals surface area (Å²) in [5, 5.41) is 1.16. The topological polar surface area (TPSA) is 26.0 Å². The zero-order chi connectivity index (χ0) is 12.1. The molecule has 0 aliphatic heterocycles. The van der Waals surface area contributed by atoms with Crippen molar-refractivity contribution in [1.29, 1.82) is 0 Å². The SMILES string of the molecule is C[C@@H](N)c1ccc([Se]Cc2ccccc2)cc1. The van der Waals surface area contributed by atoms with Crippen molar-refractivity contribution < 1.29 is 0 Å². The number of hydrogen-bond donors (Lipinski definition) is 1. The van der Waals surface area contributed by atoms with Gasteiger partial charge in [-0.1, -0.05) is 0 Å². The Hall–Kier alpha value is -1.08. The molecule has 0 unspecified atom stereocenters. The number of hydrogen-bond acceptors (Lipinski definition) is 1. The number of rotatable bonds is 4. The van der Waals surface area contributed by atoms with Crippen molar-refractivity contribution >= 4 is 19.4 Å². The van der Waals surface area contributed by atoms with E-state index in [1.54, 1.807) is 0 Å². The van der Waals surface area contributed by atoms with Gasteiger partial charge in [-0.2, -0.15) is 0 Å². The Balaban J connectivity index is 1.96. The summed E-state index contributed by atoms with van der Waals surface area (Å²) in [7, 11) is 0. The van der Waals surface area contributed by atoms with Gasteiger partial charge in [0.15, 0.2) is 0 Å². The minimum atomic E-state index is 0.130. The van der Waals surface area contributed by atoms with Crippen molar-refractivity contribution in [2.75, 3.05) is 0 Å². The van der Waals surface area contributed by atoms with Crippen LogP contribution in [0.5, 0.6) is 0 Å². The first-order valence-corrected chi connectivity index (χ1v) is 7.85. The Morgan fingerprint density at radius 2 is 1.65 bits per heavy atom. The summed E-state index contributed by atoms with van der Waals surface area (Å²) in [6, 6.07) is 19.5. The van der Waals surface area contributed by atoms with Gasteiger partial charge in [0.25, 0.3) is 0 Å². The van der Waals surface area contributed by atoms with E-state index in [1.807, 2.05) is 6.92 Å². The van der Waals surface area contributed by atoms with Crippen LogP contribution in [0.4, 0.5) is 0 Å². The maximum absolute atomic E-state index is 5.83. The van der Waals surface area contributed by atoms with Crippen LogP contribution < -0.4 is 10.2 Å². The van der Waals surface area contributed by atoms with Crippen molar-refractivity contribution in [3.05, 3.63) is 65.7 Å². The summed E-state index contributed by atoms with van der Waals surface area (Å²) in [6.07, 6.45) is 0. The van der Waals surface area contributed by atoms with Gasteiger partial charge in [-0.3, -0.25) is 0 Å². The Morgan fingerprint density at radius 1 is 1.00 bits per heavy atom. The predicted octanol–water partition coefficient (Wildman–Crippen LogP) is 2.24. The Bertz CT molecular complexity index is 448. The first-order chi connectivity index (χ1) is 8.25. The van der Waals surface area contributed by atoms with Gasteiger partial charge >= 0.3 is 109 Å². The van der Waals surface area contributed by atoms with Gasteiger partial charge in [0.2, 0.25) is 0 Å². The van der Waals surface area contributed by atoms with Crippen LogP contribution in [0.15, 0.2) is 54.6 Å². The molecular weight excluding hydrogens is 273 g/mol. The van der Waals surface area contributed by atoms with Crippen LogP contribution in [0.2, 0.25) is 0 Å². The van der Waals surface area contributed by atoms with Gasteiger partial charge in [-0.25, -0.2) is 0 Å². The quantitative estimate of drug-likeness (QED) is 0.859. The van der Waals surface area contributed by atoms with E-state index in [1.165, 1.54) is 15.6 Å². The zero-order valence-corrected chi connectivity index (χ0v) is 11.7. The average molecular weight is 290 g/mol. The van der Waals surface area contributed by atoms with Crippen molar-refractivity contribution in [2.45, 2.75) is 18.3 Å². The molecule has 2 rings (SSSR count). The second-order valence-electron chi connectivity index (χ2n) is 4.13. The Morgan fingerprint density at radius 3 is 2.24 bits per heavy atom. The molecule has 0 spiro atoms. The molecule has 0 fully saturated rings. The monoisotopic (exact) mass is 291 g/mol. The third-order valence-electron chi connectivity index (χ3n) is 2.65. The third kappa shape index (κ3) is 3.71. The van der Waals surface area contributed by atoms with Crippen molar-refractivity contribution in [2.24, 2.45) is 5.73 Å². The molecule has 0 saturated heterocycles. The Labute approximate surface area is 109 Å². The zero-order valence-electron chi connectivity index (χ0n) is 9.97. The summed E-state index contributed by atoms with van der Waals surface area (Å²) < 4.78 is 1.44. The molecule has 1 atom stereocenters. The van der Waals surface area contributed by atoms with Crippen LogP contribution in [-0.4, -0.2) is 15.0 Å². The first-order valence-electron chi connectivity index (χ1n) is 5.78. The molecule has 2 N–H and O–H groups in total. The minimum absolute atomic E-state index is 0.130. The molecule has 1 nitrogen and oxygen atoms in total. The molecule has 0 radical (unpaired) electrons. The van der Waals surface area contributed by atoms with E-state index in [0.29, 0.717) is 15.0 Å². The molecule has 17 heavy (non-hydrogen) atoms. The molecule has 0 saturated carbocycles. The number of nitrogens with two attached hydrogens (primary N) is 1. The summed E-state index contributed by atoms with van der Waals surface area (Å²) in [6.45, 7) is 2.02. The van der Waals surface area contributed by atoms with Gasteiger partial charge < -0.3 is 0 Å². The molecule has 0 aliphatic rings. The molecule has 2 heteroatoms. The van der Waals surface area contributed by atoms with Gasteiger partial charge in [0, 0.05) is 0 Å². The van der Waals surface area contributed by atoms with E-state index in [2.05, 4.69) is 54.6 Å². The molecular formula is C15H17NSe. The fraction of sp³-hybridized carbons (Fsp3) is 0.200. The van der Waals surface area contributed by atoms with E-state index in [-0.39, 0.29) is 6.04 Å². The third-order valence-corrected chi connectivity index (χ3v) is 4.93.